The molecule has 0 unspecified atom stereocenters. The molecule has 0 saturated carbocycles. The molecule has 0 heterocycles. The lowest BCUT2D eigenvalue weighted by molar-refractivity contribution is -0.0558. The summed E-state index contributed by atoms with van der Waals surface area (Å²) in [5.74, 6) is -0.580. The highest BCUT2D eigenvalue weighted by Crippen LogP contribution is 2.29. The molecule has 0 radical (unpaired) electrons. The zero-order valence-electron chi connectivity index (χ0n) is 6.95. The summed E-state index contributed by atoms with van der Waals surface area (Å²) in [6.07, 6.45) is -4.70. The van der Waals surface area contributed by atoms with E-state index in [4.69, 9.17) is 11.6 Å². The van der Waals surface area contributed by atoms with Gasteiger partial charge >= 0.3 is 6.18 Å². The van der Waals surface area contributed by atoms with Crippen molar-refractivity contribution >= 4 is 38.4 Å². The Labute approximate surface area is 95.9 Å². The molecule has 0 aromatic heterocycles. The standard InChI is InChI=1S/C8H3BrClF4N/c9-5-3-4(11)1-2-6(5)15-7(10)8(12,13)14/h1-3H. The summed E-state index contributed by atoms with van der Waals surface area (Å²) in [7, 11) is 0. The maximum absolute atomic E-state index is 12.6. The van der Waals surface area contributed by atoms with Crippen LogP contribution >= 0.6 is 27.5 Å². The van der Waals surface area contributed by atoms with E-state index in [9.17, 15) is 17.6 Å². The minimum atomic E-state index is -4.70. The van der Waals surface area contributed by atoms with Crippen molar-refractivity contribution in [2.24, 2.45) is 4.99 Å². The summed E-state index contributed by atoms with van der Waals surface area (Å²) in [4.78, 5) is 3.11. The van der Waals surface area contributed by atoms with E-state index in [0.717, 1.165) is 18.2 Å². The molecular formula is C8H3BrClF4N. The van der Waals surface area contributed by atoms with Gasteiger partial charge in [-0.05, 0) is 34.1 Å². The van der Waals surface area contributed by atoms with Gasteiger partial charge in [0.25, 0.3) is 0 Å². The zero-order valence-corrected chi connectivity index (χ0v) is 9.29. The third-order valence-corrected chi connectivity index (χ3v) is 2.30. The molecule has 0 N–H and O–H groups in total. The van der Waals surface area contributed by atoms with E-state index in [1.165, 1.54) is 0 Å². The van der Waals surface area contributed by atoms with Crippen LogP contribution in [-0.4, -0.2) is 11.3 Å². The average molecular weight is 304 g/mol. The molecule has 0 aliphatic carbocycles. The van der Waals surface area contributed by atoms with Crippen molar-refractivity contribution in [1.29, 1.82) is 0 Å². The van der Waals surface area contributed by atoms with E-state index in [2.05, 4.69) is 20.9 Å². The van der Waals surface area contributed by atoms with Crippen LogP contribution in [0, 0.1) is 5.82 Å². The van der Waals surface area contributed by atoms with Crippen LogP contribution in [0.4, 0.5) is 23.2 Å². The number of halogens is 6. The molecule has 0 bridgehead atoms. The normalized spacial score (nSPS) is 13.1. The molecule has 1 nitrogen and oxygen atoms in total. The molecule has 0 aliphatic heterocycles. The van der Waals surface area contributed by atoms with E-state index >= 15 is 0 Å². The van der Waals surface area contributed by atoms with E-state index in [-0.39, 0.29) is 10.2 Å². The lowest BCUT2D eigenvalue weighted by Gasteiger charge is -2.04. The van der Waals surface area contributed by atoms with Crippen LogP contribution in [0.5, 0.6) is 0 Å². The second-order valence-corrected chi connectivity index (χ2v) is 3.71. The predicted octanol–water partition coefficient (Wildman–Crippen LogP) is 4.42. The molecule has 0 fully saturated rings. The van der Waals surface area contributed by atoms with Crippen molar-refractivity contribution in [3.05, 3.63) is 28.5 Å². The number of alkyl halides is 3. The first-order chi connectivity index (χ1) is 6.80. The summed E-state index contributed by atoms with van der Waals surface area (Å²) in [6.45, 7) is 0. The van der Waals surface area contributed by atoms with Crippen LogP contribution in [0.15, 0.2) is 27.7 Å². The fourth-order valence-electron chi connectivity index (χ4n) is 0.741. The van der Waals surface area contributed by atoms with Gasteiger partial charge in [-0.3, -0.25) is 0 Å². The first-order valence-electron chi connectivity index (χ1n) is 3.57. The summed E-state index contributed by atoms with van der Waals surface area (Å²) in [5.41, 5.74) is -0.0845. The Bertz CT molecular complexity index is 402. The van der Waals surface area contributed by atoms with Crippen molar-refractivity contribution in [2.45, 2.75) is 6.18 Å². The number of rotatable bonds is 1. The minimum Gasteiger partial charge on any atom is -0.231 e. The first kappa shape index (κ1) is 12.4. The zero-order chi connectivity index (χ0) is 11.6. The van der Waals surface area contributed by atoms with Crippen molar-refractivity contribution in [3.63, 3.8) is 0 Å². The molecule has 0 amide bonds. The Balaban J connectivity index is 3.09. The van der Waals surface area contributed by atoms with Gasteiger partial charge in [-0.1, -0.05) is 11.6 Å². The topological polar surface area (TPSA) is 12.4 Å². The number of hydrogen-bond donors (Lipinski definition) is 0. The largest absolute Gasteiger partial charge is 0.444 e. The molecule has 1 rings (SSSR count). The van der Waals surface area contributed by atoms with Gasteiger partial charge in [-0.15, -0.1) is 0 Å². The highest BCUT2D eigenvalue weighted by Gasteiger charge is 2.34. The van der Waals surface area contributed by atoms with Gasteiger partial charge < -0.3 is 0 Å². The van der Waals surface area contributed by atoms with Crippen molar-refractivity contribution in [2.75, 3.05) is 0 Å². The highest BCUT2D eigenvalue weighted by atomic mass is 79.9. The minimum absolute atomic E-state index is 0.0845. The second-order valence-electron chi connectivity index (χ2n) is 2.50. The number of hydrogen-bond acceptors (Lipinski definition) is 1. The molecule has 15 heavy (non-hydrogen) atoms. The van der Waals surface area contributed by atoms with E-state index in [1.807, 2.05) is 0 Å². The Morgan fingerprint density at radius 2 is 1.93 bits per heavy atom. The Kier molecular flexibility index (Phi) is 3.72. The van der Waals surface area contributed by atoms with Crippen LogP contribution in [0.3, 0.4) is 0 Å². The third-order valence-electron chi connectivity index (χ3n) is 1.36. The summed E-state index contributed by atoms with van der Waals surface area (Å²) < 4.78 is 48.7. The number of benzene rings is 1. The van der Waals surface area contributed by atoms with E-state index in [0.29, 0.717) is 0 Å². The smallest absolute Gasteiger partial charge is 0.231 e. The van der Waals surface area contributed by atoms with Gasteiger partial charge in [0.2, 0.25) is 5.17 Å². The molecular weight excluding hydrogens is 301 g/mol. The summed E-state index contributed by atoms with van der Waals surface area (Å²) in [5, 5.41) is -1.50. The van der Waals surface area contributed by atoms with Crippen LogP contribution in [0.25, 0.3) is 0 Å². The average Bonchev–Trinajstić information content (AvgIpc) is 2.08. The van der Waals surface area contributed by atoms with Crippen LogP contribution < -0.4 is 0 Å². The SMILES string of the molecule is Fc1ccc(N=C(Cl)C(F)(F)F)c(Br)c1. The lowest BCUT2D eigenvalue weighted by Crippen LogP contribution is -2.16. The molecule has 0 saturated heterocycles. The number of nitrogens with zero attached hydrogens (tertiary/aromatic N) is 1. The Hall–Kier alpha value is -0.620. The van der Waals surface area contributed by atoms with Gasteiger partial charge in [-0.25, -0.2) is 9.38 Å². The molecule has 82 valence electrons. The molecule has 0 atom stereocenters. The first-order valence-corrected chi connectivity index (χ1v) is 4.74. The molecule has 0 aliphatic rings. The molecule has 1 aromatic rings. The van der Waals surface area contributed by atoms with Crippen molar-refractivity contribution in [3.8, 4) is 0 Å². The highest BCUT2D eigenvalue weighted by molar-refractivity contribution is 9.10. The predicted molar refractivity (Wildman–Crippen MR) is 53.1 cm³/mol. The maximum atomic E-state index is 12.6. The van der Waals surface area contributed by atoms with Crippen LogP contribution in [0.2, 0.25) is 0 Å². The fourth-order valence-corrected chi connectivity index (χ4v) is 1.27. The van der Waals surface area contributed by atoms with Gasteiger partial charge in [0.05, 0.1) is 5.69 Å². The molecule has 7 heteroatoms. The Morgan fingerprint density at radius 3 is 2.40 bits per heavy atom. The molecule has 0 spiro atoms. The maximum Gasteiger partial charge on any atom is 0.444 e. The molecule has 1 aromatic carbocycles. The van der Waals surface area contributed by atoms with Crippen LogP contribution in [-0.2, 0) is 0 Å². The van der Waals surface area contributed by atoms with E-state index in [1.54, 1.807) is 0 Å². The van der Waals surface area contributed by atoms with Gasteiger partial charge in [-0.2, -0.15) is 13.2 Å². The van der Waals surface area contributed by atoms with Gasteiger partial charge in [0, 0.05) is 4.47 Å². The summed E-state index contributed by atoms with van der Waals surface area (Å²) in [6, 6.07) is 3.08. The lowest BCUT2D eigenvalue weighted by atomic mass is 10.3. The third kappa shape index (κ3) is 3.46. The Morgan fingerprint density at radius 1 is 1.33 bits per heavy atom. The fraction of sp³-hybridized carbons (Fsp3) is 0.125. The second kappa shape index (κ2) is 4.49. The van der Waals surface area contributed by atoms with E-state index < -0.39 is 17.2 Å². The van der Waals surface area contributed by atoms with Crippen LogP contribution in [0.1, 0.15) is 0 Å². The van der Waals surface area contributed by atoms with Gasteiger partial charge in [0.15, 0.2) is 0 Å². The quantitative estimate of drug-likeness (QED) is 0.538. The monoisotopic (exact) mass is 303 g/mol. The summed E-state index contributed by atoms with van der Waals surface area (Å²) >= 11 is 7.78. The van der Waals surface area contributed by atoms with Crippen molar-refractivity contribution < 1.29 is 17.6 Å². The van der Waals surface area contributed by atoms with Crippen molar-refractivity contribution in [1.82, 2.24) is 0 Å². The van der Waals surface area contributed by atoms with Gasteiger partial charge in [0.1, 0.15) is 5.82 Å². The number of aliphatic imine (C=N–C) groups is 1.